The number of aliphatic hydroxyl groups excluding tert-OH is 1. The topological polar surface area (TPSA) is 118 Å². The lowest BCUT2D eigenvalue weighted by Gasteiger charge is -2.42. The minimum atomic E-state index is -0.797. The Bertz CT molecular complexity index is 1160. The van der Waals surface area contributed by atoms with Gasteiger partial charge in [-0.1, -0.05) is 52.5 Å². The van der Waals surface area contributed by atoms with Gasteiger partial charge in [-0.15, -0.1) is 0 Å². The van der Waals surface area contributed by atoms with Crippen LogP contribution < -0.4 is 9.47 Å². The van der Waals surface area contributed by atoms with E-state index in [1.54, 1.807) is 49.4 Å². The van der Waals surface area contributed by atoms with Crippen LogP contribution in [-0.4, -0.2) is 55.0 Å². The van der Waals surface area contributed by atoms with Crippen LogP contribution in [0, 0.1) is 17.8 Å². The van der Waals surface area contributed by atoms with E-state index in [-0.39, 0.29) is 43.1 Å². The molecule has 0 saturated carbocycles. The third-order valence-corrected chi connectivity index (χ3v) is 7.25. The predicted octanol–water partition coefficient (Wildman–Crippen LogP) is 4.75. The number of carbonyl (C=O) groups is 3. The molecule has 0 spiro atoms. The highest BCUT2D eigenvalue weighted by atomic mass is 16.7. The van der Waals surface area contributed by atoms with Crippen molar-refractivity contribution in [2.75, 3.05) is 13.2 Å². The number of carbonyl (C=O) groups excluding carboxylic acids is 3. The molecule has 6 atom stereocenters. The molecule has 9 nitrogen and oxygen atoms in total. The number of ether oxygens (including phenoxy) is 5. The van der Waals surface area contributed by atoms with Gasteiger partial charge >= 0.3 is 11.9 Å². The van der Waals surface area contributed by atoms with Crippen LogP contribution in [0.1, 0.15) is 60.4 Å². The molecule has 0 aliphatic carbocycles. The van der Waals surface area contributed by atoms with Crippen molar-refractivity contribution in [2.45, 2.75) is 59.2 Å². The number of hydrogen-bond donors (Lipinski definition) is 1. The van der Waals surface area contributed by atoms with E-state index in [1.807, 2.05) is 20.8 Å². The van der Waals surface area contributed by atoms with E-state index in [1.165, 1.54) is 6.08 Å². The Hall–Kier alpha value is -3.69. The van der Waals surface area contributed by atoms with Gasteiger partial charge < -0.3 is 28.8 Å². The number of rotatable bonds is 13. The van der Waals surface area contributed by atoms with Crippen molar-refractivity contribution in [1.82, 2.24) is 0 Å². The molecule has 9 heteroatoms. The quantitative estimate of drug-likeness (QED) is 0.213. The largest absolute Gasteiger partial charge is 0.489 e. The summed E-state index contributed by atoms with van der Waals surface area (Å²) in [5.74, 6) is -0.246. The fraction of sp³-hybridized carbons (Fsp3) is 0.452. The van der Waals surface area contributed by atoms with Gasteiger partial charge in [-0.05, 0) is 54.2 Å². The lowest BCUT2D eigenvalue weighted by Crippen LogP contribution is -2.50. The fourth-order valence-corrected chi connectivity index (χ4v) is 4.24. The van der Waals surface area contributed by atoms with Crippen molar-refractivity contribution < 1.29 is 43.2 Å². The maximum absolute atomic E-state index is 12.5. The molecule has 1 fully saturated rings. The first-order valence-corrected chi connectivity index (χ1v) is 13.4. The Labute approximate surface area is 235 Å². The average Bonchev–Trinajstić information content (AvgIpc) is 2.98. The van der Waals surface area contributed by atoms with Gasteiger partial charge in [-0.2, -0.15) is 0 Å². The second-order valence-corrected chi connectivity index (χ2v) is 10.0. The highest BCUT2D eigenvalue weighted by Gasteiger charge is 2.44. The van der Waals surface area contributed by atoms with E-state index in [0.717, 1.165) is 5.56 Å². The van der Waals surface area contributed by atoms with Crippen LogP contribution in [0.3, 0.4) is 0 Å². The monoisotopic (exact) mass is 554 g/mol. The van der Waals surface area contributed by atoms with Crippen LogP contribution in [-0.2, 0) is 25.6 Å². The Kier molecular flexibility index (Phi) is 11.3. The zero-order valence-corrected chi connectivity index (χ0v) is 23.4. The maximum atomic E-state index is 12.5. The average molecular weight is 555 g/mol. The first-order chi connectivity index (χ1) is 19.2. The first-order valence-electron chi connectivity index (χ1n) is 13.4. The molecule has 1 aliphatic heterocycles. The second-order valence-electron chi connectivity index (χ2n) is 10.0. The van der Waals surface area contributed by atoms with Crippen molar-refractivity contribution in [3.8, 4) is 11.5 Å². The van der Waals surface area contributed by atoms with Gasteiger partial charge in [0.2, 0.25) is 6.29 Å². The summed E-state index contributed by atoms with van der Waals surface area (Å²) in [5.41, 5.74) is 1.45. The predicted molar refractivity (Wildman–Crippen MR) is 147 cm³/mol. The van der Waals surface area contributed by atoms with Crippen LogP contribution in [0.25, 0.3) is 0 Å². The van der Waals surface area contributed by atoms with Gasteiger partial charge in [0.1, 0.15) is 31.3 Å². The van der Waals surface area contributed by atoms with Gasteiger partial charge in [-0.3, -0.25) is 4.79 Å². The molecular weight excluding hydrogens is 516 g/mol. The summed E-state index contributed by atoms with van der Waals surface area (Å²) < 4.78 is 28.3. The molecule has 40 heavy (non-hydrogen) atoms. The molecule has 0 aromatic heterocycles. The highest BCUT2D eigenvalue weighted by molar-refractivity contribution is 5.89. The number of benzene rings is 2. The molecule has 216 valence electrons. The van der Waals surface area contributed by atoms with E-state index in [2.05, 4.69) is 6.58 Å². The lowest BCUT2D eigenvalue weighted by molar-refractivity contribution is -0.222. The molecule has 2 aromatic carbocycles. The molecule has 1 N–H and O–H groups in total. The van der Waals surface area contributed by atoms with Crippen LogP contribution in [0.2, 0.25) is 0 Å². The fourth-order valence-electron chi connectivity index (χ4n) is 4.24. The van der Waals surface area contributed by atoms with Crippen LogP contribution >= 0.6 is 0 Å². The third-order valence-electron chi connectivity index (χ3n) is 7.25. The Balaban J connectivity index is 1.62. The molecule has 2 aromatic rings. The van der Waals surface area contributed by atoms with Crippen LogP contribution in [0.15, 0.2) is 55.1 Å². The molecule has 0 bridgehead atoms. The molecule has 2 unspecified atom stereocenters. The van der Waals surface area contributed by atoms with Crippen molar-refractivity contribution in [1.29, 1.82) is 0 Å². The summed E-state index contributed by atoms with van der Waals surface area (Å²) in [5, 5.41) is 9.55. The van der Waals surface area contributed by atoms with E-state index in [0.29, 0.717) is 29.8 Å². The number of aliphatic hydroxyl groups is 1. The standard InChI is InChI=1S/C31H38O9/c1-6-14-36-30(35)28-20(4)19(3)21(5)31(40-28)39-27-13-12-26(15-24(27)16-32)37-17-22-8-10-23(11-9-22)29(34)38-18-25(33)7-2/h6,8-13,15-16,19-21,25,28,31,33H,1,7,14,17-18H2,2-5H3/t19-,20+,21?,25+,28?,31+/m0/s1. The van der Waals surface area contributed by atoms with Crippen LogP contribution in [0.4, 0.5) is 0 Å². The Morgan fingerprint density at radius 2 is 1.77 bits per heavy atom. The maximum Gasteiger partial charge on any atom is 0.338 e. The third kappa shape index (κ3) is 7.92. The molecule has 1 saturated heterocycles. The summed E-state index contributed by atoms with van der Waals surface area (Å²) in [6.07, 6.45) is 0.440. The van der Waals surface area contributed by atoms with Crippen molar-refractivity contribution in [2.24, 2.45) is 17.8 Å². The summed E-state index contributed by atoms with van der Waals surface area (Å²) in [6, 6.07) is 11.6. The Morgan fingerprint density at radius 1 is 1.05 bits per heavy atom. The van der Waals surface area contributed by atoms with Gasteiger partial charge in [0.25, 0.3) is 0 Å². The summed E-state index contributed by atoms with van der Waals surface area (Å²) in [4.78, 5) is 36.5. The van der Waals surface area contributed by atoms with Crippen molar-refractivity contribution in [3.63, 3.8) is 0 Å². The molecule has 1 aliphatic rings. The molecule has 0 amide bonds. The SMILES string of the molecule is C=CCOC(=O)C1O[C@@H](Oc2ccc(OCc3ccc(C(=O)OC[C@H](O)CC)cc3)cc2C=O)C(C)[C@@H](C)[C@H]1C. The summed E-state index contributed by atoms with van der Waals surface area (Å²) in [6.45, 7) is 11.6. The highest BCUT2D eigenvalue weighted by Crippen LogP contribution is 2.37. The molecule has 1 heterocycles. The number of aldehydes is 1. The zero-order valence-electron chi connectivity index (χ0n) is 23.4. The van der Waals surface area contributed by atoms with E-state index < -0.39 is 30.4 Å². The second kappa shape index (κ2) is 14.6. The van der Waals surface area contributed by atoms with Gasteiger partial charge in [0, 0.05) is 5.92 Å². The molecule has 0 radical (unpaired) electrons. The summed E-state index contributed by atoms with van der Waals surface area (Å²) in [7, 11) is 0. The van der Waals surface area contributed by atoms with Crippen molar-refractivity contribution in [3.05, 3.63) is 71.8 Å². The van der Waals surface area contributed by atoms with E-state index >= 15 is 0 Å². The molecular formula is C31H38O9. The number of hydrogen-bond acceptors (Lipinski definition) is 9. The minimum Gasteiger partial charge on any atom is -0.489 e. The molecule has 3 rings (SSSR count). The van der Waals surface area contributed by atoms with Gasteiger partial charge in [-0.25, -0.2) is 9.59 Å². The van der Waals surface area contributed by atoms with E-state index in [9.17, 15) is 19.5 Å². The van der Waals surface area contributed by atoms with E-state index in [4.69, 9.17) is 23.7 Å². The van der Waals surface area contributed by atoms with Crippen molar-refractivity contribution >= 4 is 18.2 Å². The number of esters is 2. The zero-order chi connectivity index (χ0) is 29.2. The smallest absolute Gasteiger partial charge is 0.338 e. The van der Waals surface area contributed by atoms with Gasteiger partial charge in [0.15, 0.2) is 12.4 Å². The van der Waals surface area contributed by atoms with Crippen LogP contribution in [0.5, 0.6) is 11.5 Å². The normalized spacial score (nSPS) is 23.0. The Morgan fingerprint density at radius 3 is 2.42 bits per heavy atom. The summed E-state index contributed by atoms with van der Waals surface area (Å²) >= 11 is 0. The first kappa shape index (κ1) is 30.8. The lowest BCUT2D eigenvalue weighted by atomic mass is 9.79. The minimum absolute atomic E-state index is 0.0498. The van der Waals surface area contributed by atoms with Gasteiger partial charge in [0.05, 0.1) is 17.2 Å².